The van der Waals surface area contributed by atoms with Gasteiger partial charge in [-0.05, 0) is 56.0 Å². The van der Waals surface area contributed by atoms with Crippen LogP contribution in [0.4, 0.5) is 13.2 Å². The quantitative estimate of drug-likeness (QED) is 0.577. The highest BCUT2D eigenvalue weighted by Gasteiger charge is 2.31. The molecule has 8 heteroatoms. The molecule has 178 valence electrons. The summed E-state index contributed by atoms with van der Waals surface area (Å²) in [6.07, 6.45) is -0.690. The van der Waals surface area contributed by atoms with Gasteiger partial charge in [-0.1, -0.05) is 42.7 Å². The number of carbonyl (C=O) groups excluding carboxylic acids is 2. The fourth-order valence-electron chi connectivity index (χ4n) is 4.19. The highest BCUT2D eigenvalue weighted by molar-refractivity contribution is 5.96. The van der Waals surface area contributed by atoms with Gasteiger partial charge in [-0.25, -0.2) is 0 Å². The van der Waals surface area contributed by atoms with Crippen molar-refractivity contribution >= 4 is 11.8 Å². The summed E-state index contributed by atoms with van der Waals surface area (Å²) < 4.78 is 38.6. The van der Waals surface area contributed by atoms with Gasteiger partial charge in [-0.3, -0.25) is 9.59 Å². The topological polar surface area (TPSA) is 70.2 Å². The molecule has 33 heavy (non-hydrogen) atoms. The van der Waals surface area contributed by atoms with E-state index in [1.54, 1.807) is 0 Å². The molecule has 0 aliphatic heterocycles. The van der Waals surface area contributed by atoms with Gasteiger partial charge in [0.25, 0.3) is 5.91 Å². The van der Waals surface area contributed by atoms with Gasteiger partial charge in [-0.2, -0.15) is 13.2 Å². The van der Waals surface area contributed by atoms with E-state index in [0.29, 0.717) is 6.54 Å². The fraction of sp³-hybridized carbons (Fsp3) is 0.440. The third-order valence-electron chi connectivity index (χ3n) is 6.03. The number of halogens is 3. The molecule has 0 saturated heterocycles. The molecule has 5 nitrogen and oxygen atoms in total. The summed E-state index contributed by atoms with van der Waals surface area (Å²) in [6, 6.07) is 10.5. The second-order valence-corrected chi connectivity index (χ2v) is 8.64. The van der Waals surface area contributed by atoms with E-state index in [4.69, 9.17) is 0 Å². The van der Waals surface area contributed by atoms with Gasteiger partial charge in [0.15, 0.2) is 0 Å². The van der Waals surface area contributed by atoms with Crippen molar-refractivity contribution in [3.63, 3.8) is 0 Å². The van der Waals surface area contributed by atoms with Crippen LogP contribution in [0.2, 0.25) is 0 Å². The van der Waals surface area contributed by atoms with Crippen molar-refractivity contribution in [2.45, 2.75) is 64.3 Å². The molecule has 3 rings (SSSR count). The van der Waals surface area contributed by atoms with Gasteiger partial charge in [0.1, 0.15) is 0 Å². The van der Waals surface area contributed by atoms with E-state index in [9.17, 15) is 22.8 Å². The largest absolute Gasteiger partial charge is 0.416 e. The Morgan fingerprint density at radius 1 is 1.00 bits per heavy atom. The third kappa shape index (κ3) is 7.05. The van der Waals surface area contributed by atoms with Crippen LogP contribution in [0.1, 0.15) is 58.3 Å². The summed E-state index contributed by atoms with van der Waals surface area (Å²) in [7, 11) is 0. The fourth-order valence-corrected chi connectivity index (χ4v) is 4.19. The molecule has 0 spiro atoms. The van der Waals surface area contributed by atoms with Crippen LogP contribution in [0.25, 0.3) is 0 Å². The number of carbonyl (C=O) groups is 2. The molecule has 1 aliphatic rings. The number of nitrogens with one attached hydrogen (secondary N) is 3. The smallest absolute Gasteiger partial charge is 0.350 e. The number of amides is 2. The Hall–Kier alpha value is -2.87. The molecule has 1 fully saturated rings. The molecule has 0 unspecified atom stereocenters. The zero-order valence-electron chi connectivity index (χ0n) is 18.9. The van der Waals surface area contributed by atoms with Crippen LogP contribution in [-0.2, 0) is 17.5 Å². The van der Waals surface area contributed by atoms with Crippen LogP contribution >= 0.6 is 0 Å². The van der Waals surface area contributed by atoms with Gasteiger partial charge in [0.05, 0.1) is 12.1 Å². The summed E-state index contributed by atoms with van der Waals surface area (Å²) in [5.74, 6) is -1.08. The molecular formula is C25H30F3N3O2. The lowest BCUT2D eigenvalue weighted by atomic mass is 9.90. The average molecular weight is 462 g/mol. The van der Waals surface area contributed by atoms with Crippen LogP contribution < -0.4 is 16.0 Å². The van der Waals surface area contributed by atoms with E-state index in [-0.39, 0.29) is 30.1 Å². The number of rotatable bonds is 7. The molecule has 2 amide bonds. The van der Waals surface area contributed by atoms with Crippen molar-refractivity contribution in [3.8, 4) is 0 Å². The maximum absolute atomic E-state index is 12.9. The normalized spacial score (nSPS) is 18.6. The Morgan fingerprint density at radius 2 is 1.73 bits per heavy atom. The standard InChI is InChI=1S/C25H30F3N3O2/c1-16-10-11-19(17(2)12-16)14-29-21-8-3-4-9-22(21)31-23(32)15-30-24(33)18-6-5-7-20(13-18)25(26,27)28/h5-7,10-13,21-22,29H,3-4,8-9,14-15H2,1-2H3,(H,30,33)(H,31,32)/t21-,22-/m0/s1. The van der Waals surface area contributed by atoms with Gasteiger partial charge in [-0.15, -0.1) is 0 Å². The lowest BCUT2D eigenvalue weighted by Crippen LogP contribution is -2.53. The Morgan fingerprint density at radius 3 is 2.42 bits per heavy atom. The van der Waals surface area contributed by atoms with E-state index in [2.05, 4.69) is 48.0 Å². The predicted molar refractivity (Wildman–Crippen MR) is 121 cm³/mol. The number of hydrogen-bond donors (Lipinski definition) is 3. The highest BCUT2D eigenvalue weighted by atomic mass is 19.4. The minimum atomic E-state index is -4.53. The van der Waals surface area contributed by atoms with Crippen molar-refractivity contribution in [2.75, 3.05) is 6.54 Å². The van der Waals surface area contributed by atoms with Crippen molar-refractivity contribution in [1.82, 2.24) is 16.0 Å². The lowest BCUT2D eigenvalue weighted by molar-refractivity contribution is -0.137. The summed E-state index contributed by atoms with van der Waals surface area (Å²) in [5, 5.41) is 8.95. The number of hydrogen-bond acceptors (Lipinski definition) is 3. The van der Waals surface area contributed by atoms with Gasteiger partial charge >= 0.3 is 6.18 Å². The van der Waals surface area contributed by atoms with Gasteiger partial charge in [0.2, 0.25) is 5.91 Å². The molecule has 0 heterocycles. The first-order chi connectivity index (χ1) is 15.6. The molecular weight excluding hydrogens is 431 g/mol. The van der Waals surface area contributed by atoms with Gasteiger partial charge < -0.3 is 16.0 Å². The number of alkyl halides is 3. The van der Waals surface area contributed by atoms with Crippen LogP contribution in [0.5, 0.6) is 0 Å². The average Bonchev–Trinajstić information content (AvgIpc) is 2.77. The first-order valence-electron chi connectivity index (χ1n) is 11.2. The predicted octanol–water partition coefficient (Wildman–Crippen LogP) is 4.27. The van der Waals surface area contributed by atoms with Crippen LogP contribution in [0, 0.1) is 13.8 Å². The maximum atomic E-state index is 12.9. The van der Waals surface area contributed by atoms with Crippen molar-refractivity contribution in [1.29, 1.82) is 0 Å². The van der Waals surface area contributed by atoms with Crippen molar-refractivity contribution < 1.29 is 22.8 Å². The minimum absolute atomic E-state index is 0.0672. The molecule has 0 bridgehead atoms. The third-order valence-corrected chi connectivity index (χ3v) is 6.03. The Balaban J connectivity index is 1.52. The second kappa shape index (κ2) is 10.8. The molecule has 1 aliphatic carbocycles. The monoisotopic (exact) mass is 461 g/mol. The van der Waals surface area contributed by atoms with Gasteiger partial charge in [0, 0.05) is 24.2 Å². The lowest BCUT2D eigenvalue weighted by Gasteiger charge is -2.33. The zero-order valence-corrected chi connectivity index (χ0v) is 18.9. The minimum Gasteiger partial charge on any atom is -0.350 e. The second-order valence-electron chi connectivity index (χ2n) is 8.64. The highest BCUT2D eigenvalue weighted by Crippen LogP contribution is 2.29. The Kier molecular flexibility index (Phi) is 8.13. The van der Waals surface area contributed by atoms with Crippen molar-refractivity contribution in [3.05, 3.63) is 70.3 Å². The zero-order chi connectivity index (χ0) is 24.0. The van der Waals surface area contributed by atoms with E-state index in [0.717, 1.165) is 37.8 Å². The molecule has 2 aromatic carbocycles. The molecule has 2 aromatic rings. The van der Waals surface area contributed by atoms with E-state index >= 15 is 0 Å². The maximum Gasteiger partial charge on any atom is 0.416 e. The Labute approximate surface area is 192 Å². The van der Waals surface area contributed by atoms with Crippen molar-refractivity contribution in [2.24, 2.45) is 0 Å². The first-order valence-corrected chi connectivity index (χ1v) is 11.2. The van der Waals surface area contributed by atoms with E-state index < -0.39 is 17.6 Å². The molecule has 2 atom stereocenters. The molecule has 1 saturated carbocycles. The first kappa shape index (κ1) is 24.8. The van der Waals surface area contributed by atoms with Crippen LogP contribution in [-0.4, -0.2) is 30.4 Å². The van der Waals surface area contributed by atoms with E-state index in [1.165, 1.54) is 28.8 Å². The van der Waals surface area contributed by atoms with E-state index in [1.807, 2.05) is 0 Å². The Bertz CT molecular complexity index is 991. The summed E-state index contributed by atoms with van der Waals surface area (Å²) >= 11 is 0. The van der Waals surface area contributed by atoms with Crippen LogP contribution in [0.3, 0.4) is 0 Å². The number of aryl methyl sites for hydroxylation is 2. The summed E-state index contributed by atoms with van der Waals surface area (Å²) in [5.41, 5.74) is 2.61. The van der Waals surface area contributed by atoms with Crippen LogP contribution in [0.15, 0.2) is 42.5 Å². The molecule has 0 aromatic heterocycles. The summed E-state index contributed by atoms with van der Waals surface area (Å²) in [6.45, 7) is 4.55. The molecule has 3 N–H and O–H groups in total. The molecule has 0 radical (unpaired) electrons. The SMILES string of the molecule is Cc1ccc(CN[C@H]2CCCC[C@@H]2NC(=O)CNC(=O)c2cccc(C(F)(F)F)c2)c(C)c1. The number of benzene rings is 2. The summed E-state index contributed by atoms with van der Waals surface area (Å²) in [4.78, 5) is 24.7.